The summed E-state index contributed by atoms with van der Waals surface area (Å²) in [5, 5.41) is 14.7. The number of hydrogen-bond donors (Lipinski definition) is 3. The molecule has 6 nitrogen and oxygen atoms in total. The Morgan fingerprint density at radius 1 is 1.17 bits per heavy atom. The molecule has 2 aliphatic carbocycles. The average Bonchev–Trinajstić information content (AvgIpc) is 3.58. The number of nitrogens with one attached hydrogen (secondary N) is 1. The van der Waals surface area contributed by atoms with E-state index in [0.29, 0.717) is 31.8 Å². The number of rotatable bonds is 9. The van der Waals surface area contributed by atoms with Gasteiger partial charge in [0.1, 0.15) is 6.29 Å². The van der Waals surface area contributed by atoms with Crippen LogP contribution in [0.25, 0.3) is 0 Å². The first-order valence-electron chi connectivity index (χ1n) is 12.2. The van der Waals surface area contributed by atoms with E-state index >= 15 is 0 Å². The van der Waals surface area contributed by atoms with E-state index in [2.05, 4.69) is 77.9 Å². The normalized spacial score (nSPS) is 20.3. The lowest BCUT2D eigenvalue weighted by Gasteiger charge is -2.14. The highest BCUT2D eigenvalue weighted by atomic mass is 32.2. The van der Waals surface area contributed by atoms with Gasteiger partial charge in [-0.1, -0.05) is 89.6 Å². The summed E-state index contributed by atoms with van der Waals surface area (Å²) in [5.41, 5.74) is 13.8. The number of aliphatic imine (C=N–C) groups is 1. The molecule has 36 heavy (non-hydrogen) atoms. The van der Waals surface area contributed by atoms with E-state index in [9.17, 15) is 9.90 Å². The zero-order valence-electron chi connectivity index (χ0n) is 21.1. The first-order chi connectivity index (χ1) is 17.4. The molecule has 0 aromatic heterocycles. The highest BCUT2D eigenvalue weighted by Gasteiger charge is 2.54. The van der Waals surface area contributed by atoms with Crippen molar-refractivity contribution in [2.75, 3.05) is 6.54 Å². The van der Waals surface area contributed by atoms with Crippen molar-refractivity contribution in [3.63, 3.8) is 0 Å². The van der Waals surface area contributed by atoms with E-state index in [0.717, 1.165) is 34.8 Å². The number of nitrogens with zero attached hydrogens (tertiary/aromatic N) is 2. The maximum absolute atomic E-state index is 10.4. The largest absolute Gasteiger partial charge is 0.385 e. The van der Waals surface area contributed by atoms with Crippen molar-refractivity contribution in [1.29, 1.82) is 0 Å². The lowest BCUT2D eigenvalue weighted by Crippen LogP contribution is -2.22. The fourth-order valence-electron chi connectivity index (χ4n) is 3.80. The number of thioether (sulfide) groups is 1. The topological polar surface area (TPSA) is 100 Å². The summed E-state index contributed by atoms with van der Waals surface area (Å²) >= 11 is 1.63. The lowest BCUT2D eigenvalue weighted by molar-refractivity contribution is -0.107. The molecule has 0 heterocycles. The Morgan fingerprint density at radius 2 is 1.97 bits per heavy atom. The van der Waals surface area contributed by atoms with Crippen LogP contribution in [0.4, 0.5) is 0 Å². The zero-order valence-corrected chi connectivity index (χ0v) is 21.9. The standard InChI is InChI=1S/C21H25N3OS.C8H11NO/c1-17-8-10-19(11-9-17)15-22-21(24-23-12-3-4-13-25)26-16-20-7-5-6-18(2)14-20;9-5-7-3-1-2-6-4-8(6,7)10/h5-14H,3-4,15-16H2,1-2H3,(H,22,24);1-3,6,10H,4-5,9H2/b23-12+;. The third-order valence-corrected chi connectivity index (χ3v) is 7.02. The predicted octanol–water partition coefficient (Wildman–Crippen LogP) is 4.84. The van der Waals surface area contributed by atoms with Crippen LogP contribution in [0.5, 0.6) is 0 Å². The maximum Gasteiger partial charge on any atom is 0.177 e. The van der Waals surface area contributed by atoms with Crippen molar-refractivity contribution >= 4 is 29.4 Å². The van der Waals surface area contributed by atoms with Crippen LogP contribution >= 0.6 is 11.8 Å². The molecule has 2 aromatic carbocycles. The molecule has 2 aromatic rings. The predicted molar refractivity (Wildman–Crippen MR) is 151 cm³/mol. The second-order valence-corrected chi connectivity index (χ2v) is 10.0. The second kappa shape index (κ2) is 13.9. The minimum absolute atomic E-state index is 0.357. The molecule has 2 aliphatic rings. The van der Waals surface area contributed by atoms with Gasteiger partial charge in [-0.15, -0.1) is 0 Å². The summed E-state index contributed by atoms with van der Waals surface area (Å²) < 4.78 is 0. The van der Waals surface area contributed by atoms with Gasteiger partial charge < -0.3 is 15.6 Å². The smallest absolute Gasteiger partial charge is 0.177 e. The minimum Gasteiger partial charge on any atom is -0.385 e. The minimum atomic E-state index is -0.538. The fraction of sp³-hybridized carbons (Fsp3) is 0.345. The van der Waals surface area contributed by atoms with Gasteiger partial charge in [-0.25, -0.2) is 0 Å². The molecule has 7 heteroatoms. The molecule has 4 N–H and O–H groups in total. The quantitative estimate of drug-likeness (QED) is 0.149. The summed E-state index contributed by atoms with van der Waals surface area (Å²) in [6.07, 6.45) is 10.5. The van der Waals surface area contributed by atoms with Gasteiger partial charge in [0.15, 0.2) is 5.17 Å². The monoisotopic (exact) mass is 504 g/mol. The van der Waals surface area contributed by atoms with Crippen LogP contribution in [0.15, 0.2) is 82.4 Å². The first-order valence-corrected chi connectivity index (χ1v) is 13.2. The third-order valence-electron chi connectivity index (χ3n) is 6.05. The molecule has 4 rings (SSSR count). The second-order valence-electron chi connectivity index (χ2n) is 9.07. The summed E-state index contributed by atoms with van der Waals surface area (Å²) in [6.45, 7) is 5.26. The van der Waals surface area contributed by atoms with E-state index < -0.39 is 5.60 Å². The number of carbonyl (C=O) groups is 1. The Kier molecular flexibility index (Phi) is 10.7. The number of hydrogen-bond acceptors (Lipinski definition) is 6. The number of fused-ring (bicyclic) bond motifs is 1. The van der Waals surface area contributed by atoms with Gasteiger partial charge in [-0.05, 0) is 43.4 Å². The SMILES string of the molecule is Cc1ccc(CN=C(N/N=C/CCC=O)SCc2cccc(C)c2)cc1.NCC1=CC=CC2CC12O. The van der Waals surface area contributed by atoms with Gasteiger partial charge in [-0.2, -0.15) is 5.10 Å². The summed E-state index contributed by atoms with van der Waals surface area (Å²) in [4.78, 5) is 15.0. The Hall–Kier alpha value is -3.00. The van der Waals surface area contributed by atoms with E-state index in [4.69, 9.17) is 5.73 Å². The highest BCUT2D eigenvalue weighted by molar-refractivity contribution is 8.13. The molecular weight excluding hydrogens is 468 g/mol. The molecule has 0 bridgehead atoms. The molecular formula is C29H36N4O2S. The fourth-order valence-corrected chi connectivity index (χ4v) is 4.56. The molecule has 2 unspecified atom stereocenters. The molecule has 0 spiro atoms. The number of amidine groups is 1. The van der Waals surface area contributed by atoms with Crippen LogP contribution in [-0.2, 0) is 17.1 Å². The molecule has 0 radical (unpaired) electrons. The van der Waals surface area contributed by atoms with E-state index in [1.165, 1.54) is 16.7 Å². The Balaban J connectivity index is 0.000000297. The lowest BCUT2D eigenvalue weighted by atomic mass is 10.0. The van der Waals surface area contributed by atoms with Crippen LogP contribution in [0.3, 0.4) is 0 Å². The number of aryl methyl sites for hydroxylation is 2. The summed E-state index contributed by atoms with van der Waals surface area (Å²) in [6, 6.07) is 16.8. The Labute approximate surface area is 218 Å². The summed E-state index contributed by atoms with van der Waals surface area (Å²) in [7, 11) is 0. The number of aliphatic hydroxyl groups is 1. The van der Waals surface area contributed by atoms with Crippen LogP contribution < -0.4 is 11.2 Å². The van der Waals surface area contributed by atoms with Gasteiger partial charge in [0.25, 0.3) is 0 Å². The van der Waals surface area contributed by atoms with Crippen molar-refractivity contribution in [1.82, 2.24) is 5.43 Å². The Bertz CT molecular complexity index is 1120. The molecule has 0 amide bonds. The highest BCUT2D eigenvalue weighted by Crippen LogP contribution is 2.51. The van der Waals surface area contributed by atoms with Gasteiger partial charge in [0.2, 0.25) is 0 Å². The van der Waals surface area contributed by atoms with Gasteiger partial charge in [0.05, 0.1) is 12.1 Å². The van der Waals surface area contributed by atoms with Crippen molar-refractivity contribution in [2.45, 2.75) is 51.0 Å². The molecule has 2 atom stereocenters. The molecule has 1 fully saturated rings. The van der Waals surface area contributed by atoms with Gasteiger partial charge in [-0.3, -0.25) is 10.4 Å². The van der Waals surface area contributed by atoms with E-state index in [-0.39, 0.29) is 0 Å². The number of aldehydes is 1. The zero-order chi connectivity index (χ0) is 25.8. The number of unbranched alkanes of at least 4 members (excludes halogenated alkanes) is 1. The molecule has 0 saturated heterocycles. The number of carbonyl (C=O) groups excluding carboxylic acids is 1. The number of benzene rings is 2. The van der Waals surface area contributed by atoms with Crippen LogP contribution in [-0.4, -0.2) is 34.9 Å². The van der Waals surface area contributed by atoms with Crippen molar-refractivity contribution in [3.8, 4) is 0 Å². The van der Waals surface area contributed by atoms with Crippen LogP contribution in [0, 0.1) is 19.8 Å². The number of allylic oxidation sites excluding steroid dienone is 2. The van der Waals surface area contributed by atoms with Crippen molar-refractivity contribution < 1.29 is 9.90 Å². The van der Waals surface area contributed by atoms with Crippen molar-refractivity contribution in [2.24, 2.45) is 21.7 Å². The Morgan fingerprint density at radius 3 is 2.67 bits per heavy atom. The third kappa shape index (κ3) is 8.59. The van der Waals surface area contributed by atoms with Crippen molar-refractivity contribution in [3.05, 3.63) is 94.6 Å². The first kappa shape index (κ1) is 27.6. The van der Waals surface area contributed by atoms with Crippen LogP contribution in [0.2, 0.25) is 0 Å². The van der Waals surface area contributed by atoms with Gasteiger partial charge >= 0.3 is 0 Å². The molecule has 1 saturated carbocycles. The average molecular weight is 505 g/mol. The molecule has 0 aliphatic heterocycles. The number of hydrazone groups is 1. The number of nitrogens with two attached hydrogens (primary N) is 1. The van der Waals surface area contributed by atoms with E-state index in [1.54, 1.807) is 18.0 Å². The van der Waals surface area contributed by atoms with E-state index in [1.807, 2.05) is 18.2 Å². The summed E-state index contributed by atoms with van der Waals surface area (Å²) in [5.74, 6) is 1.18. The van der Waals surface area contributed by atoms with Gasteiger partial charge in [0, 0.05) is 30.9 Å². The molecule has 190 valence electrons. The van der Waals surface area contributed by atoms with Crippen LogP contribution in [0.1, 0.15) is 41.5 Å². The maximum atomic E-state index is 10.4.